The Balaban J connectivity index is 1.38. The van der Waals surface area contributed by atoms with Crippen molar-refractivity contribution in [1.29, 1.82) is 0 Å². The number of nitrogens with zero attached hydrogens (tertiary/aromatic N) is 2. The molecule has 2 aliphatic heterocycles. The average Bonchev–Trinajstić information content (AvgIpc) is 2.99. The Bertz CT molecular complexity index is 1000. The number of carbonyl (C=O) groups is 2. The van der Waals surface area contributed by atoms with Crippen molar-refractivity contribution in [3.63, 3.8) is 0 Å². The van der Waals surface area contributed by atoms with Gasteiger partial charge in [-0.25, -0.2) is 0 Å². The fourth-order valence-electron chi connectivity index (χ4n) is 4.08. The molecule has 7 nitrogen and oxygen atoms in total. The van der Waals surface area contributed by atoms with Crippen LogP contribution in [0.1, 0.15) is 29.2 Å². The van der Waals surface area contributed by atoms with Crippen molar-refractivity contribution >= 4 is 17.9 Å². The molecule has 168 valence electrons. The molecule has 0 radical (unpaired) electrons. The van der Waals surface area contributed by atoms with Crippen molar-refractivity contribution in [2.24, 2.45) is 0 Å². The van der Waals surface area contributed by atoms with Gasteiger partial charge >= 0.3 is 0 Å². The maximum absolute atomic E-state index is 12.9. The molecule has 0 aromatic heterocycles. The van der Waals surface area contributed by atoms with Crippen LogP contribution in [0.5, 0.6) is 11.5 Å². The van der Waals surface area contributed by atoms with E-state index in [-0.39, 0.29) is 30.8 Å². The molecule has 32 heavy (non-hydrogen) atoms. The minimum Gasteiger partial charge on any atom is -0.493 e. The normalized spacial score (nSPS) is 18.2. The molecule has 7 heteroatoms. The molecule has 0 N–H and O–H groups in total. The van der Waals surface area contributed by atoms with Gasteiger partial charge in [0.15, 0.2) is 11.5 Å². The molecular formula is C25H28N2O5. The second-order valence-electron chi connectivity index (χ2n) is 7.85. The molecule has 0 aliphatic carbocycles. The van der Waals surface area contributed by atoms with E-state index < -0.39 is 0 Å². The van der Waals surface area contributed by atoms with Crippen molar-refractivity contribution in [3.8, 4) is 11.5 Å². The lowest BCUT2D eigenvalue weighted by Crippen LogP contribution is -2.43. The standard InChI is InChI=1S/C25H28N2O5/c1-30-21-14-19-8-10-26(25(29)16-20(19)15-22(21)31-2)11-9-24(28)27-12-13-32-23(17-27)18-6-4-3-5-7-18/h3-8,10,14-15,23H,9,11-13,16-17H2,1-2H3/t23-/m1/s1. The number of carbonyl (C=O) groups excluding carboxylic acids is 2. The Labute approximate surface area is 188 Å². The van der Waals surface area contributed by atoms with Gasteiger partial charge in [0.25, 0.3) is 0 Å². The Hall–Kier alpha value is -3.32. The maximum atomic E-state index is 12.9. The lowest BCUT2D eigenvalue weighted by Gasteiger charge is -2.33. The summed E-state index contributed by atoms with van der Waals surface area (Å²) in [4.78, 5) is 29.1. The van der Waals surface area contributed by atoms with E-state index in [9.17, 15) is 9.59 Å². The van der Waals surface area contributed by atoms with Crippen molar-refractivity contribution in [1.82, 2.24) is 9.80 Å². The van der Waals surface area contributed by atoms with Gasteiger partial charge < -0.3 is 24.0 Å². The summed E-state index contributed by atoms with van der Waals surface area (Å²) in [6.45, 7) is 1.94. The fraction of sp³-hybridized carbons (Fsp3) is 0.360. The molecule has 2 aromatic rings. The second-order valence-corrected chi connectivity index (χ2v) is 7.85. The highest BCUT2D eigenvalue weighted by atomic mass is 16.5. The molecule has 2 heterocycles. The topological polar surface area (TPSA) is 68.3 Å². The summed E-state index contributed by atoms with van der Waals surface area (Å²) in [6, 6.07) is 13.6. The summed E-state index contributed by atoms with van der Waals surface area (Å²) in [6.07, 6.45) is 4.02. The summed E-state index contributed by atoms with van der Waals surface area (Å²) in [5.41, 5.74) is 2.85. The number of benzene rings is 2. The minimum absolute atomic E-state index is 0.0283. The number of fused-ring (bicyclic) bond motifs is 1. The van der Waals surface area contributed by atoms with Gasteiger partial charge in [-0.3, -0.25) is 9.59 Å². The van der Waals surface area contributed by atoms with Crippen LogP contribution in [-0.2, 0) is 20.7 Å². The van der Waals surface area contributed by atoms with Gasteiger partial charge in [-0.2, -0.15) is 0 Å². The number of ether oxygens (including phenoxy) is 3. The summed E-state index contributed by atoms with van der Waals surface area (Å²) in [5.74, 6) is 1.19. The Morgan fingerprint density at radius 1 is 1.12 bits per heavy atom. The molecule has 0 saturated carbocycles. The van der Waals surface area contributed by atoms with Crippen LogP contribution < -0.4 is 9.47 Å². The minimum atomic E-state index is -0.118. The highest BCUT2D eigenvalue weighted by Crippen LogP contribution is 2.32. The van der Waals surface area contributed by atoms with Crippen molar-refractivity contribution in [2.45, 2.75) is 18.9 Å². The van der Waals surface area contributed by atoms with Gasteiger partial charge in [0.2, 0.25) is 11.8 Å². The molecule has 2 aliphatic rings. The van der Waals surface area contributed by atoms with E-state index in [1.54, 1.807) is 25.3 Å². The fourth-order valence-corrected chi connectivity index (χ4v) is 4.08. The molecule has 2 amide bonds. The quantitative estimate of drug-likeness (QED) is 0.696. The first-order valence-electron chi connectivity index (χ1n) is 10.8. The maximum Gasteiger partial charge on any atom is 0.230 e. The molecule has 1 fully saturated rings. The van der Waals surface area contributed by atoms with Gasteiger partial charge in [0.1, 0.15) is 6.10 Å². The summed E-state index contributed by atoms with van der Waals surface area (Å²) < 4.78 is 16.6. The van der Waals surface area contributed by atoms with Crippen LogP contribution in [0, 0.1) is 0 Å². The van der Waals surface area contributed by atoms with Gasteiger partial charge in [-0.1, -0.05) is 30.3 Å². The van der Waals surface area contributed by atoms with Gasteiger partial charge in [-0.15, -0.1) is 0 Å². The van der Waals surface area contributed by atoms with E-state index in [1.165, 1.54) is 0 Å². The molecule has 4 rings (SSSR count). The van der Waals surface area contributed by atoms with Gasteiger partial charge in [0.05, 0.1) is 33.8 Å². The monoisotopic (exact) mass is 436 g/mol. The van der Waals surface area contributed by atoms with E-state index in [0.29, 0.717) is 37.7 Å². The first kappa shape index (κ1) is 21.9. The van der Waals surface area contributed by atoms with Crippen LogP contribution >= 0.6 is 0 Å². The van der Waals surface area contributed by atoms with E-state index in [0.717, 1.165) is 16.7 Å². The van der Waals surface area contributed by atoms with Crippen LogP contribution in [0.15, 0.2) is 48.7 Å². The number of morpholine rings is 1. The van der Waals surface area contributed by atoms with E-state index in [2.05, 4.69) is 0 Å². The van der Waals surface area contributed by atoms with Crippen LogP contribution in [-0.4, -0.2) is 62.1 Å². The first-order valence-corrected chi connectivity index (χ1v) is 10.8. The largest absolute Gasteiger partial charge is 0.493 e. The van der Waals surface area contributed by atoms with Crippen LogP contribution in [0.4, 0.5) is 0 Å². The third kappa shape index (κ3) is 4.78. The summed E-state index contributed by atoms with van der Waals surface area (Å²) in [5, 5.41) is 0. The van der Waals surface area contributed by atoms with Crippen LogP contribution in [0.2, 0.25) is 0 Å². The first-order chi connectivity index (χ1) is 15.6. The van der Waals surface area contributed by atoms with Gasteiger partial charge in [-0.05, 0) is 34.9 Å². The third-order valence-corrected chi connectivity index (χ3v) is 5.90. The Morgan fingerprint density at radius 3 is 2.62 bits per heavy atom. The molecule has 0 spiro atoms. The number of amides is 2. The SMILES string of the molecule is COc1cc2c(cc1OC)CC(=O)N(CCC(=O)N1CCO[C@@H](c3ccccc3)C1)C=C2. The summed E-state index contributed by atoms with van der Waals surface area (Å²) in [7, 11) is 3.16. The molecule has 0 bridgehead atoms. The smallest absolute Gasteiger partial charge is 0.230 e. The van der Waals surface area contributed by atoms with E-state index >= 15 is 0 Å². The molecule has 1 saturated heterocycles. The lowest BCUT2D eigenvalue weighted by molar-refractivity contribution is -0.139. The molecule has 1 atom stereocenters. The lowest BCUT2D eigenvalue weighted by atomic mass is 10.0. The zero-order valence-electron chi connectivity index (χ0n) is 18.5. The van der Waals surface area contributed by atoms with Crippen LogP contribution in [0.25, 0.3) is 6.08 Å². The highest BCUT2D eigenvalue weighted by Gasteiger charge is 2.26. The number of rotatable bonds is 6. The van der Waals surface area contributed by atoms with Crippen molar-refractivity contribution < 1.29 is 23.8 Å². The van der Waals surface area contributed by atoms with Crippen LogP contribution in [0.3, 0.4) is 0 Å². The predicted molar refractivity (Wildman–Crippen MR) is 120 cm³/mol. The predicted octanol–water partition coefficient (Wildman–Crippen LogP) is 3.05. The third-order valence-electron chi connectivity index (χ3n) is 5.90. The zero-order chi connectivity index (χ0) is 22.5. The highest BCUT2D eigenvalue weighted by molar-refractivity contribution is 5.85. The Kier molecular flexibility index (Phi) is 6.75. The molecule has 0 unspecified atom stereocenters. The van der Waals surface area contributed by atoms with Gasteiger partial charge in [0, 0.05) is 25.7 Å². The molecule has 2 aromatic carbocycles. The number of hydrogen-bond donors (Lipinski definition) is 0. The summed E-state index contributed by atoms with van der Waals surface area (Å²) >= 11 is 0. The second kappa shape index (κ2) is 9.87. The average molecular weight is 437 g/mol. The number of hydrogen-bond acceptors (Lipinski definition) is 5. The Morgan fingerprint density at radius 2 is 1.88 bits per heavy atom. The molecular weight excluding hydrogens is 408 g/mol. The zero-order valence-corrected chi connectivity index (χ0v) is 18.5. The number of methoxy groups -OCH3 is 2. The van der Waals surface area contributed by atoms with E-state index in [4.69, 9.17) is 14.2 Å². The van der Waals surface area contributed by atoms with E-state index in [1.807, 2.05) is 53.4 Å². The van der Waals surface area contributed by atoms with Crippen molar-refractivity contribution in [2.75, 3.05) is 40.5 Å². The van der Waals surface area contributed by atoms with Crippen molar-refractivity contribution in [3.05, 3.63) is 65.4 Å².